The topological polar surface area (TPSA) is 71.5 Å². The van der Waals surface area contributed by atoms with Crippen LogP contribution in [0.15, 0.2) is 79.1 Å². The van der Waals surface area contributed by atoms with Gasteiger partial charge in [0.15, 0.2) is 0 Å². The molecule has 1 aromatic heterocycles. The zero-order chi connectivity index (χ0) is 22.3. The average molecular weight is 430 g/mol. The number of piperidine rings is 1. The molecule has 2 atom stereocenters. The second-order valence-corrected chi connectivity index (χ2v) is 8.06. The van der Waals surface area contributed by atoms with Gasteiger partial charge in [-0.1, -0.05) is 36.4 Å². The number of pyridine rings is 1. The molecule has 1 aliphatic rings. The summed E-state index contributed by atoms with van der Waals surface area (Å²) in [6, 6.07) is 21.0. The minimum Gasteiger partial charge on any atom is -0.497 e. The monoisotopic (exact) mass is 429 g/mol. The van der Waals surface area contributed by atoms with Crippen molar-refractivity contribution in [2.24, 2.45) is 5.92 Å². The van der Waals surface area contributed by atoms with Gasteiger partial charge < -0.3 is 15.0 Å². The molecule has 2 heterocycles. The predicted octanol–water partition coefficient (Wildman–Crippen LogP) is 3.65. The molecule has 6 nitrogen and oxygen atoms in total. The van der Waals surface area contributed by atoms with Gasteiger partial charge in [0.2, 0.25) is 5.91 Å². The molecule has 6 heteroatoms. The normalized spacial score (nSPS) is 18.1. The molecule has 2 amide bonds. The van der Waals surface area contributed by atoms with E-state index in [1.54, 1.807) is 48.7 Å². The zero-order valence-corrected chi connectivity index (χ0v) is 18.1. The Kier molecular flexibility index (Phi) is 6.80. The van der Waals surface area contributed by atoms with Crippen LogP contribution in [-0.2, 0) is 11.3 Å². The van der Waals surface area contributed by atoms with Gasteiger partial charge >= 0.3 is 0 Å². The predicted molar refractivity (Wildman–Crippen MR) is 122 cm³/mol. The van der Waals surface area contributed by atoms with Crippen LogP contribution < -0.4 is 10.1 Å². The highest BCUT2D eigenvalue weighted by Crippen LogP contribution is 2.31. The number of benzene rings is 2. The molecule has 3 aromatic rings. The standard InChI is InChI=1S/C26H27N3O3/c1-32-24-11-9-21(10-12-24)26(31)29-17-22(20-7-3-2-4-8-20)14-23(18-29)25(30)28-16-19-6-5-13-27-15-19/h2-13,15,22-23H,14,16-18H2,1H3,(H,28,30)/t22-,23+/m0/s1. The molecule has 2 aromatic carbocycles. The van der Waals surface area contributed by atoms with Gasteiger partial charge in [-0.2, -0.15) is 0 Å². The first-order valence-corrected chi connectivity index (χ1v) is 10.8. The minimum absolute atomic E-state index is 0.0398. The lowest BCUT2D eigenvalue weighted by atomic mass is 9.83. The van der Waals surface area contributed by atoms with Crippen LogP contribution in [0.4, 0.5) is 0 Å². The number of hydrogen-bond donors (Lipinski definition) is 1. The number of nitrogens with one attached hydrogen (secondary N) is 1. The molecule has 0 saturated carbocycles. The maximum absolute atomic E-state index is 13.3. The highest BCUT2D eigenvalue weighted by Gasteiger charge is 2.34. The SMILES string of the molecule is COc1ccc(C(=O)N2C[C@H](C(=O)NCc3cccnc3)C[C@H](c3ccccc3)C2)cc1. The fraction of sp³-hybridized carbons (Fsp3) is 0.269. The summed E-state index contributed by atoms with van der Waals surface area (Å²) in [4.78, 5) is 32.2. The van der Waals surface area contributed by atoms with E-state index in [9.17, 15) is 9.59 Å². The molecule has 4 rings (SSSR count). The third kappa shape index (κ3) is 5.14. The van der Waals surface area contributed by atoms with Gasteiger partial charge in [-0.15, -0.1) is 0 Å². The summed E-state index contributed by atoms with van der Waals surface area (Å²) in [6.45, 7) is 1.40. The van der Waals surface area contributed by atoms with Crippen molar-refractivity contribution in [3.63, 3.8) is 0 Å². The lowest BCUT2D eigenvalue weighted by molar-refractivity contribution is -0.126. The van der Waals surface area contributed by atoms with Gasteiger partial charge in [0, 0.05) is 43.5 Å². The lowest BCUT2D eigenvalue weighted by Crippen LogP contribution is -2.48. The Labute approximate surface area is 188 Å². The van der Waals surface area contributed by atoms with Crippen LogP contribution in [0.25, 0.3) is 0 Å². The molecular formula is C26H27N3O3. The Bertz CT molecular complexity index is 1040. The van der Waals surface area contributed by atoms with Crippen LogP contribution in [-0.4, -0.2) is 41.9 Å². The van der Waals surface area contributed by atoms with Crippen molar-refractivity contribution in [2.75, 3.05) is 20.2 Å². The van der Waals surface area contributed by atoms with Gasteiger partial charge in [-0.3, -0.25) is 14.6 Å². The average Bonchev–Trinajstić information content (AvgIpc) is 2.87. The number of likely N-dealkylation sites (tertiary alicyclic amines) is 1. The molecule has 164 valence electrons. The Balaban J connectivity index is 1.51. The van der Waals surface area contributed by atoms with E-state index in [-0.39, 0.29) is 23.7 Å². The number of rotatable bonds is 6. The van der Waals surface area contributed by atoms with Gasteiger partial charge in [-0.05, 0) is 47.9 Å². The molecule has 1 fully saturated rings. The quantitative estimate of drug-likeness (QED) is 0.649. The Morgan fingerprint density at radius 1 is 1.03 bits per heavy atom. The number of amides is 2. The number of aromatic nitrogens is 1. The molecule has 0 aliphatic carbocycles. The summed E-state index contributed by atoms with van der Waals surface area (Å²) >= 11 is 0. The van der Waals surface area contributed by atoms with Gasteiger partial charge in [-0.25, -0.2) is 0 Å². The van der Waals surface area contributed by atoms with Gasteiger partial charge in [0.25, 0.3) is 5.91 Å². The van der Waals surface area contributed by atoms with E-state index in [2.05, 4.69) is 22.4 Å². The van der Waals surface area contributed by atoms with E-state index >= 15 is 0 Å². The summed E-state index contributed by atoms with van der Waals surface area (Å²) in [5.41, 5.74) is 2.68. The number of hydrogen-bond acceptors (Lipinski definition) is 4. The largest absolute Gasteiger partial charge is 0.497 e. The van der Waals surface area contributed by atoms with Crippen molar-refractivity contribution in [1.29, 1.82) is 0 Å². The number of carbonyl (C=O) groups is 2. The van der Waals surface area contributed by atoms with Crippen LogP contribution in [0.5, 0.6) is 5.75 Å². The van der Waals surface area contributed by atoms with Crippen LogP contribution in [0.1, 0.15) is 33.8 Å². The highest BCUT2D eigenvalue weighted by atomic mass is 16.5. The molecule has 1 N–H and O–H groups in total. The van der Waals surface area contributed by atoms with Gasteiger partial charge in [0.1, 0.15) is 5.75 Å². The lowest BCUT2D eigenvalue weighted by Gasteiger charge is -2.37. The molecule has 0 bridgehead atoms. The summed E-state index contributed by atoms with van der Waals surface area (Å²) in [6.07, 6.45) is 4.16. The highest BCUT2D eigenvalue weighted by molar-refractivity contribution is 5.95. The third-order valence-electron chi connectivity index (χ3n) is 5.91. The van der Waals surface area contributed by atoms with Crippen molar-refractivity contribution < 1.29 is 14.3 Å². The maximum atomic E-state index is 13.3. The Morgan fingerprint density at radius 2 is 1.81 bits per heavy atom. The van der Waals surface area contributed by atoms with E-state index in [1.807, 2.05) is 30.3 Å². The second-order valence-electron chi connectivity index (χ2n) is 8.06. The molecular weight excluding hydrogens is 402 g/mol. The molecule has 32 heavy (non-hydrogen) atoms. The summed E-state index contributed by atoms with van der Waals surface area (Å²) in [5, 5.41) is 3.02. The maximum Gasteiger partial charge on any atom is 0.253 e. The van der Waals surface area contributed by atoms with E-state index < -0.39 is 0 Å². The number of methoxy groups -OCH3 is 1. The van der Waals surface area contributed by atoms with E-state index in [1.165, 1.54) is 0 Å². The first-order valence-electron chi connectivity index (χ1n) is 10.8. The molecule has 0 radical (unpaired) electrons. The molecule has 1 saturated heterocycles. The first kappa shape index (κ1) is 21.6. The van der Waals surface area contributed by atoms with Crippen molar-refractivity contribution in [3.8, 4) is 5.75 Å². The Hall–Kier alpha value is -3.67. The first-order chi connectivity index (χ1) is 15.6. The Morgan fingerprint density at radius 3 is 2.50 bits per heavy atom. The molecule has 1 aliphatic heterocycles. The van der Waals surface area contributed by atoms with Crippen LogP contribution in [0.2, 0.25) is 0 Å². The number of ether oxygens (including phenoxy) is 1. The minimum atomic E-state index is -0.284. The van der Waals surface area contributed by atoms with E-state index in [0.29, 0.717) is 37.4 Å². The van der Waals surface area contributed by atoms with Gasteiger partial charge in [0.05, 0.1) is 13.0 Å². The third-order valence-corrected chi connectivity index (χ3v) is 5.91. The van der Waals surface area contributed by atoms with E-state index in [0.717, 1.165) is 11.1 Å². The van der Waals surface area contributed by atoms with Crippen molar-refractivity contribution in [2.45, 2.75) is 18.9 Å². The van der Waals surface area contributed by atoms with Crippen molar-refractivity contribution in [3.05, 3.63) is 95.8 Å². The number of nitrogens with zero attached hydrogens (tertiary/aromatic N) is 2. The second kappa shape index (κ2) is 10.1. The number of carbonyl (C=O) groups excluding carboxylic acids is 2. The summed E-state index contributed by atoms with van der Waals surface area (Å²) < 4.78 is 5.20. The van der Waals surface area contributed by atoms with Crippen LogP contribution in [0.3, 0.4) is 0 Å². The molecule has 0 unspecified atom stereocenters. The van der Waals surface area contributed by atoms with Crippen molar-refractivity contribution >= 4 is 11.8 Å². The molecule has 0 spiro atoms. The summed E-state index contributed by atoms with van der Waals surface area (Å²) in [7, 11) is 1.60. The fourth-order valence-corrected chi connectivity index (χ4v) is 4.17. The fourth-order valence-electron chi connectivity index (χ4n) is 4.17. The van der Waals surface area contributed by atoms with Crippen molar-refractivity contribution in [1.82, 2.24) is 15.2 Å². The zero-order valence-electron chi connectivity index (χ0n) is 18.1. The summed E-state index contributed by atoms with van der Waals surface area (Å²) in [5.74, 6) is 0.407. The van der Waals surface area contributed by atoms with Crippen LogP contribution >= 0.6 is 0 Å². The smallest absolute Gasteiger partial charge is 0.253 e. The van der Waals surface area contributed by atoms with Crippen LogP contribution in [0, 0.1) is 5.92 Å². The van der Waals surface area contributed by atoms with E-state index in [4.69, 9.17) is 4.74 Å².